The van der Waals surface area contributed by atoms with Gasteiger partial charge in [-0.25, -0.2) is 8.78 Å². The van der Waals surface area contributed by atoms with Crippen LogP contribution in [0.1, 0.15) is 42.9 Å². The van der Waals surface area contributed by atoms with Crippen LogP contribution in [0, 0.1) is 11.6 Å². The van der Waals surface area contributed by atoms with Crippen molar-refractivity contribution >= 4 is 11.6 Å². The van der Waals surface area contributed by atoms with E-state index in [2.05, 4.69) is 16.5 Å². The molecule has 0 saturated carbocycles. The number of rotatable bonds is 3. The van der Waals surface area contributed by atoms with Crippen LogP contribution in [0.5, 0.6) is 0 Å². The molecule has 0 radical (unpaired) electrons. The molecule has 1 amide bonds. The molecule has 2 atom stereocenters. The zero-order valence-corrected chi connectivity index (χ0v) is 15.0. The van der Waals surface area contributed by atoms with Gasteiger partial charge in [0.1, 0.15) is 11.6 Å². The summed E-state index contributed by atoms with van der Waals surface area (Å²) in [7, 11) is 0. The van der Waals surface area contributed by atoms with Gasteiger partial charge >= 0.3 is 0 Å². The fourth-order valence-corrected chi connectivity index (χ4v) is 3.92. The summed E-state index contributed by atoms with van der Waals surface area (Å²) in [5.74, 6) is -1.45. The molecule has 1 aliphatic carbocycles. The third-order valence-electron chi connectivity index (χ3n) is 5.33. The first-order valence-electron chi connectivity index (χ1n) is 9.05. The second-order valence-electron chi connectivity index (χ2n) is 7.29. The van der Waals surface area contributed by atoms with Crippen molar-refractivity contribution < 1.29 is 18.4 Å². The van der Waals surface area contributed by atoms with Crippen molar-refractivity contribution in [3.63, 3.8) is 0 Å². The van der Waals surface area contributed by atoms with E-state index in [1.165, 1.54) is 5.56 Å². The SMILES string of the molecule is CC1(NC(=O)C2CC(c3cc(F)ccc3F)=NO2)CCCc2ccccc21. The molecule has 0 bridgehead atoms. The van der Waals surface area contributed by atoms with E-state index in [9.17, 15) is 13.6 Å². The maximum atomic E-state index is 13.9. The van der Waals surface area contributed by atoms with E-state index in [4.69, 9.17) is 4.84 Å². The third kappa shape index (κ3) is 3.31. The van der Waals surface area contributed by atoms with Crippen molar-refractivity contribution in [3.8, 4) is 0 Å². The van der Waals surface area contributed by atoms with Gasteiger partial charge in [-0.1, -0.05) is 29.4 Å². The van der Waals surface area contributed by atoms with E-state index in [0.717, 1.165) is 43.0 Å². The molecule has 2 aromatic rings. The minimum atomic E-state index is -0.853. The normalized spacial score (nSPS) is 24.0. The van der Waals surface area contributed by atoms with Crippen molar-refractivity contribution in [2.45, 2.75) is 44.2 Å². The summed E-state index contributed by atoms with van der Waals surface area (Å²) in [6.07, 6.45) is 2.05. The average Bonchev–Trinajstić information content (AvgIpc) is 3.14. The summed E-state index contributed by atoms with van der Waals surface area (Å²) >= 11 is 0. The van der Waals surface area contributed by atoms with E-state index in [0.29, 0.717) is 0 Å². The lowest BCUT2D eigenvalue weighted by Crippen LogP contribution is -2.49. The summed E-state index contributed by atoms with van der Waals surface area (Å²) in [4.78, 5) is 18.0. The van der Waals surface area contributed by atoms with Crippen LogP contribution >= 0.6 is 0 Å². The van der Waals surface area contributed by atoms with Gasteiger partial charge in [0.25, 0.3) is 5.91 Å². The Morgan fingerprint density at radius 1 is 1.26 bits per heavy atom. The van der Waals surface area contributed by atoms with Gasteiger partial charge in [-0.05, 0) is 55.5 Å². The average molecular weight is 370 g/mol. The fourth-order valence-electron chi connectivity index (χ4n) is 3.92. The van der Waals surface area contributed by atoms with Crippen LogP contribution in [-0.2, 0) is 21.6 Å². The van der Waals surface area contributed by atoms with Crippen LogP contribution in [0.15, 0.2) is 47.6 Å². The minimum Gasteiger partial charge on any atom is -0.382 e. The Morgan fingerprint density at radius 2 is 2.07 bits per heavy atom. The standard InChI is InChI=1S/C21H20F2N2O2/c1-21(10-4-6-13-5-2-3-7-16(13)21)24-20(26)19-12-18(25-27-19)15-11-14(22)8-9-17(15)23/h2-3,5,7-9,11,19H,4,6,10,12H2,1H3,(H,24,26). The molecule has 4 rings (SSSR count). The van der Waals surface area contributed by atoms with Gasteiger partial charge in [0.05, 0.1) is 11.3 Å². The van der Waals surface area contributed by atoms with Crippen molar-refractivity contribution in [1.29, 1.82) is 0 Å². The zero-order chi connectivity index (χ0) is 19.0. The summed E-state index contributed by atoms with van der Waals surface area (Å²) in [5.41, 5.74) is 2.13. The minimum absolute atomic E-state index is 0.0273. The molecular weight excluding hydrogens is 350 g/mol. The van der Waals surface area contributed by atoms with Crippen LogP contribution < -0.4 is 5.32 Å². The summed E-state index contributed by atoms with van der Waals surface area (Å²) in [6, 6.07) is 11.2. The number of hydrogen-bond acceptors (Lipinski definition) is 3. The van der Waals surface area contributed by atoms with Crippen molar-refractivity contribution in [1.82, 2.24) is 5.32 Å². The summed E-state index contributed by atoms with van der Waals surface area (Å²) < 4.78 is 27.4. The van der Waals surface area contributed by atoms with Crippen molar-refractivity contribution in [2.75, 3.05) is 0 Å². The highest BCUT2D eigenvalue weighted by Crippen LogP contribution is 2.35. The molecule has 2 aliphatic rings. The Morgan fingerprint density at radius 3 is 2.93 bits per heavy atom. The molecule has 0 spiro atoms. The first kappa shape index (κ1) is 17.6. The van der Waals surface area contributed by atoms with Crippen LogP contribution in [0.3, 0.4) is 0 Å². The van der Waals surface area contributed by atoms with Crippen LogP contribution in [0.2, 0.25) is 0 Å². The van der Waals surface area contributed by atoms with Crippen LogP contribution in [0.4, 0.5) is 8.78 Å². The van der Waals surface area contributed by atoms with Gasteiger partial charge in [0, 0.05) is 12.0 Å². The summed E-state index contributed by atoms with van der Waals surface area (Å²) in [5, 5.41) is 6.91. The highest BCUT2D eigenvalue weighted by molar-refractivity contribution is 6.04. The molecule has 2 aromatic carbocycles. The Labute approximate surface area is 156 Å². The lowest BCUT2D eigenvalue weighted by atomic mass is 9.77. The van der Waals surface area contributed by atoms with Gasteiger partial charge in [0.15, 0.2) is 0 Å². The Balaban J connectivity index is 1.49. The smallest absolute Gasteiger partial charge is 0.265 e. The van der Waals surface area contributed by atoms with Gasteiger partial charge < -0.3 is 10.2 Å². The number of fused-ring (bicyclic) bond motifs is 1. The second-order valence-corrected chi connectivity index (χ2v) is 7.29. The van der Waals surface area contributed by atoms with E-state index < -0.39 is 23.3 Å². The first-order valence-corrected chi connectivity index (χ1v) is 9.05. The quantitative estimate of drug-likeness (QED) is 0.893. The highest BCUT2D eigenvalue weighted by Gasteiger charge is 2.37. The molecule has 1 N–H and O–H groups in total. The van der Waals surface area contributed by atoms with Crippen LogP contribution in [-0.4, -0.2) is 17.7 Å². The topological polar surface area (TPSA) is 50.7 Å². The van der Waals surface area contributed by atoms with E-state index in [1.54, 1.807) is 0 Å². The lowest BCUT2D eigenvalue weighted by Gasteiger charge is -2.37. The number of benzene rings is 2. The molecule has 1 heterocycles. The zero-order valence-electron chi connectivity index (χ0n) is 15.0. The van der Waals surface area contributed by atoms with Gasteiger partial charge in [-0.3, -0.25) is 4.79 Å². The number of carbonyl (C=O) groups excluding carboxylic acids is 1. The fraction of sp³-hybridized carbons (Fsp3) is 0.333. The maximum absolute atomic E-state index is 13.9. The molecule has 6 heteroatoms. The highest BCUT2D eigenvalue weighted by atomic mass is 19.1. The number of nitrogens with one attached hydrogen (secondary N) is 1. The molecule has 0 aromatic heterocycles. The third-order valence-corrected chi connectivity index (χ3v) is 5.33. The Hall–Kier alpha value is -2.76. The Bertz CT molecular complexity index is 928. The van der Waals surface area contributed by atoms with Gasteiger partial charge in [0.2, 0.25) is 6.10 Å². The number of carbonyl (C=O) groups is 1. The maximum Gasteiger partial charge on any atom is 0.265 e. The van der Waals surface area contributed by atoms with E-state index >= 15 is 0 Å². The van der Waals surface area contributed by atoms with Crippen molar-refractivity contribution in [2.24, 2.45) is 5.16 Å². The van der Waals surface area contributed by atoms with Gasteiger partial charge in [-0.15, -0.1) is 0 Å². The molecule has 4 nitrogen and oxygen atoms in total. The Kier molecular flexibility index (Phi) is 4.42. The monoisotopic (exact) mass is 370 g/mol. The molecule has 27 heavy (non-hydrogen) atoms. The second kappa shape index (κ2) is 6.76. The number of amides is 1. The number of oxime groups is 1. The largest absolute Gasteiger partial charge is 0.382 e. The van der Waals surface area contributed by atoms with Gasteiger partial charge in [-0.2, -0.15) is 0 Å². The number of halogens is 2. The van der Waals surface area contributed by atoms with E-state index in [-0.39, 0.29) is 23.6 Å². The molecule has 1 aliphatic heterocycles. The molecular formula is C21H20F2N2O2. The van der Waals surface area contributed by atoms with Crippen LogP contribution in [0.25, 0.3) is 0 Å². The lowest BCUT2D eigenvalue weighted by molar-refractivity contribution is -0.133. The molecule has 2 unspecified atom stereocenters. The molecule has 0 fully saturated rings. The first-order chi connectivity index (χ1) is 13.0. The predicted octanol–water partition coefficient (Wildman–Crippen LogP) is 3.83. The van der Waals surface area contributed by atoms with E-state index in [1.807, 2.05) is 25.1 Å². The number of nitrogens with zero attached hydrogens (tertiary/aromatic N) is 1. The number of aryl methyl sites for hydroxylation is 1. The molecule has 0 saturated heterocycles. The van der Waals surface area contributed by atoms with Crippen molar-refractivity contribution in [3.05, 3.63) is 70.8 Å². The predicted molar refractivity (Wildman–Crippen MR) is 97.3 cm³/mol. The number of hydrogen-bond donors (Lipinski definition) is 1. The summed E-state index contributed by atoms with van der Waals surface area (Å²) in [6.45, 7) is 2.01. The molecule has 140 valence electrons.